The van der Waals surface area contributed by atoms with Crippen LogP contribution < -0.4 is 9.47 Å². The molecular weight excluding hydrogens is 398 g/mol. The molecule has 0 spiro atoms. The Morgan fingerprint density at radius 3 is 2.65 bits per heavy atom. The molecule has 1 saturated heterocycles. The number of amides is 1. The fraction of sp³-hybridized carbons (Fsp3) is 0.318. The Balaban J connectivity index is 1.57. The van der Waals surface area contributed by atoms with E-state index in [0.29, 0.717) is 29.8 Å². The summed E-state index contributed by atoms with van der Waals surface area (Å²) >= 11 is 0. The number of ether oxygens (including phenoxy) is 2. The first-order chi connectivity index (χ1) is 15.1. The number of nitrogens with zero attached hydrogens (tertiary/aromatic N) is 5. The van der Waals surface area contributed by atoms with Gasteiger partial charge in [0, 0.05) is 12.2 Å². The lowest BCUT2D eigenvalue weighted by Gasteiger charge is -2.38. The first kappa shape index (κ1) is 20.5. The number of hydrogen-bond acceptors (Lipinski definition) is 7. The van der Waals surface area contributed by atoms with Gasteiger partial charge in [0.05, 0.1) is 37.3 Å². The van der Waals surface area contributed by atoms with Crippen LogP contribution in [-0.2, 0) is 0 Å². The van der Waals surface area contributed by atoms with Gasteiger partial charge in [0.15, 0.2) is 6.29 Å². The lowest BCUT2D eigenvalue weighted by Crippen LogP contribution is -2.49. The predicted molar refractivity (Wildman–Crippen MR) is 112 cm³/mol. The second kappa shape index (κ2) is 8.95. The van der Waals surface area contributed by atoms with Gasteiger partial charge in [-0.05, 0) is 38.0 Å². The third kappa shape index (κ3) is 4.11. The minimum absolute atomic E-state index is 0.0368. The summed E-state index contributed by atoms with van der Waals surface area (Å²) in [7, 11) is 1.49. The molecule has 3 heterocycles. The topological polar surface area (TPSA) is 99.4 Å². The molecule has 1 aliphatic heterocycles. The molecule has 2 aromatic heterocycles. The minimum Gasteiger partial charge on any atom is -0.496 e. The number of hydrogen-bond donors (Lipinski definition) is 0. The maximum Gasteiger partial charge on any atom is 0.256 e. The van der Waals surface area contributed by atoms with Crippen molar-refractivity contribution in [3.8, 4) is 17.3 Å². The van der Waals surface area contributed by atoms with Crippen LogP contribution in [0.4, 0.5) is 0 Å². The molecule has 2 atom stereocenters. The van der Waals surface area contributed by atoms with Crippen LogP contribution in [0.15, 0.2) is 48.9 Å². The molecule has 0 saturated carbocycles. The Labute approximate surface area is 179 Å². The average Bonchev–Trinajstić information content (AvgIpc) is 3.34. The van der Waals surface area contributed by atoms with E-state index in [1.165, 1.54) is 18.1 Å². The predicted octanol–water partition coefficient (Wildman–Crippen LogP) is 2.56. The molecule has 0 radical (unpaired) electrons. The molecule has 0 bridgehead atoms. The molecule has 3 aromatic rings. The van der Waals surface area contributed by atoms with Gasteiger partial charge in [-0.3, -0.25) is 9.59 Å². The molecule has 31 heavy (non-hydrogen) atoms. The summed E-state index contributed by atoms with van der Waals surface area (Å²) in [6.45, 7) is 2.39. The molecule has 160 valence electrons. The van der Waals surface area contributed by atoms with Crippen LogP contribution >= 0.6 is 0 Å². The Morgan fingerprint density at radius 2 is 1.90 bits per heavy atom. The van der Waals surface area contributed by atoms with E-state index in [4.69, 9.17) is 9.47 Å². The number of benzene rings is 1. The maximum atomic E-state index is 13.5. The first-order valence-corrected chi connectivity index (χ1v) is 10.0. The van der Waals surface area contributed by atoms with Crippen molar-refractivity contribution >= 4 is 12.2 Å². The van der Waals surface area contributed by atoms with Gasteiger partial charge in [0.1, 0.15) is 17.4 Å². The Bertz CT molecular complexity index is 1070. The smallest absolute Gasteiger partial charge is 0.256 e. The zero-order chi connectivity index (χ0) is 21.8. The van der Waals surface area contributed by atoms with Crippen LogP contribution in [0.1, 0.15) is 40.5 Å². The van der Waals surface area contributed by atoms with E-state index in [-0.39, 0.29) is 29.5 Å². The number of rotatable bonds is 6. The van der Waals surface area contributed by atoms with Crippen molar-refractivity contribution in [3.63, 3.8) is 0 Å². The molecule has 0 aliphatic carbocycles. The van der Waals surface area contributed by atoms with Crippen molar-refractivity contribution in [1.29, 1.82) is 0 Å². The molecule has 0 N–H and O–H groups in total. The van der Waals surface area contributed by atoms with E-state index in [0.717, 1.165) is 12.8 Å². The van der Waals surface area contributed by atoms with Crippen LogP contribution in [-0.4, -0.2) is 62.9 Å². The SMILES string of the molecule is COc1ccnc(OC2CC[C@@H](C)N(C(=O)c3ccccc3-n3nccn3)C2)c1C=O. The van der Waals surface area contributed by atoms with E-state index in [2.05, 4.69) is 15.2 Å². The highest BCUT2D eigenvalue weighted by Gasteiger charge is 2.32. The van der Waals surface area contributed by atoms with Gasteiger partial charge in [-0.25, -0.2) is 4.98 Å². The standard InChI is InChI=1S/C22H23N5O4/c1-15-7-8-16(31-21-18(14-28)20(30-2)9-10-23-21)13-26(15)22(29)17-5-3-4-6-19(17)27-24-11-12-25-27/h3-6,9-12,14-16H,7-8,13H2,1-2H3/t15-,16?/m1/s1. The molecular formula is C22H23N5O4. The van der Waals surface area contributed by atoms with Gasteiger partial charge in [-0.1, -0.05) is 12.1 Å². The highest BCUT2D eigenvalue weighted by molar-refractivity contribution is 5.98. The Hall–Kier alpha value is -3.75. The monoisotopic (exact) mass is 421 g/mol. The second-order valence-corrected chi connectivity index (χ2v) is 7.31. The number of para-hydroxylation sites is 1. The Kier molecular flexibility index (Phi) is 5.92. The van der Waals surface area contributed by atoms with E-state index < -0.39 is 0 Å². The molecule has 1 aromatic carbocycles. The summed E-state index contributed by atoms with van der Waals surface area (Å²) in [4.78, 5) is 32.4. The summed E-state index contributed by atoms with van der Waals surface area (Å²) in [5.74, 6) is 0.489. The van der Waals surface area contributed by atoms with Crippen LogP contribution in [0.25, 0.3) is 5.69 Å². The lowest BCUT2D eigenvalue weighted by atomic mass is 9.99. The highest BCUT2D eigenvalue weighted by atomic mass is 16.5. The van der Waals surface area contributed by atoms with Crippen molar-refractivity contribution in [2.75, 3.05) is 13.7 Å². The largest absolute Gasteiger partial charge is 0.496 e. The maximum absolute atomic E-state index is 13.5. The third-order valence-corrected chi connectivity index (χ3v) is 5.40. The number of likely N-dealkylation sites (tertiary alicyclic amines) is 1. The van der Waals surface area contributed by atoms with Gasteiger partial charge in [-0.15, -0.1) is 0 Å². The number of carbonyl (C=O) groups is 2. The minimum atomic E-state index is -0.298. The second-order valence-electron chi connectivity index (χ2n) is 7.31. The van der Waals surface area contributed by atoms with Gasteiger partial charge >= 0.3 is 0 Å². The summed E-state index contributed by atoms with van der Waals surface area (Å²) in [6, 6.07) is 8.89. The molecule has 1 amide bonds. The van der Waals surface area contributed by atoms with E-state index in [1.54, 1.807) is 29.4 Å². The summed E-state index contributed by atoms with van der Waals surface area (Å²) < 4.78 is 11.3. The van der Waals surface area contributed by atoms with Crippen LogP contribution in [0.2, 0.25) is 0 Å². The summed E-state index contributed by atoms with van der Waals surface area (Å²) in [5, 5.41) is 8.31. The average molecular weight is 421 g/mol. The highest BCUT2D eigenvalue weighted by Crippen LogP contribution is 2.28. The van der Waals surface area contributed by atoms with E-state index in [9.17, 15) is 9.59 Å². The van der Waals surface area contributed by atoms with E-state index in [1.807, 2.05) is 25.1 Å². The lowest BCUT2D eigenvalue weighted by molar-refractivity contribution is 0.0369. The van der Waals surface area contributed by atoms with Gasteiger partial charge in [0.2, 0.25) is 5.88 Å². The van der Waals surface area contributed by atoms with Gasteiger partial charge < -0.3 is 14.4 Å². The molecule has 1 unspecified atom stereocenters. The number of aldehydes is 1. The number of pyridine rings is 1. The van der Waals surface area contributed by atoms with E-state index >= 15 is 0 Å². The number of aromatic nitrogens is 4. The van der Waals surface area contributed by atoms with Crippen molar-refractivity contribution in [2.24, 2.45) is 0 Å². The summed E-state index contributed by atoms with van der Waals surface area (Å²) in [5.41, 5.74) is 1.39. The quantitative estimate of drug-likeness (QED) is 0.564. The van der Waals surface area contributed by atoms with Crippen LogP contribution in [0.3, 0.4) is 0 Å². The number of carbonyl (C=O) groups excluding carboxylic acids is 2. The first-order valence-electron chi connectivity index (χ1n) is 10.0. The Morgan fingerprint density at radius 1 is 1.13 bits per heavy atom. The van der Waals surface area contributed by atoms with Crippen LogP contribution in [0.5, 0.6) is 11.6 Å². The normalized spacial score (nSPS) is 18.5. The zero-order valence-electron chi connectivity index (χ0n) is 17.3. The van der Waals surface area contributed by atoms with Crippen molar-refractivity contribution in [1.82, 2.24) is 24.9 Å². The van der Waals surface area contributed by atoms with Gasteiger partial charge in [0.25, 0.3) is 5.91 Å². The molecule has 9 heteroatoms. The van der Waals surface area contributed by atoms with Crippen molar-refractivity contribution in [2.45, 2.75) is 31.9 Å². The number of methoxy groups -OCH3 is 1. The number of piperidine rings is 1. The fourth-order valence-electron chi connectivity index (χ4n) is 3.75. The summed E-state index contributed by atoms with van der Waals surface area (Å²) in [6.07, 6.45) is 6.55. The van der Waals surface area contributed by atoms with Crippen molar-refractivity contribution in [3.05, 3.63) is 60.0 Å². The van der Waals surface area contributed by atoms with Gasteiger partial charge in [-0.2, -0.15) is 15.0 Å². The zero-order valence-corrected chi connectivity index (χ0v) is 17.3. The molecule has 1 aliphatic rings. The van der Waals surface area contributed by atoms with Crippen molar-refractivity contribution < 1.29 is 19.1 Å². The molecule has 9 nitrogen and oxygen atoms in total. The third-order valence-electron chi connectivity index (χ3n) is 5.40. The molecule has 1 fully saturated rings. The molecule has 4 rings (SSSR count). The fourth-order valence-corrected chi connectivity index (χ4v) is 3.75. The van der Waals surface area contributed by atoms with Crippen LogP contribution in [0, 0.1) is 0 Å².